The minimum atomic E-state index is -1.53. The average molecular weight is 308 g/mol. The lowest BCUT2D eigenvalue weighted by molar-refractivity contribution is 0.243. The molecule has 2 rings (SSSR count). The maximum absolute atomic E-state index is 2.83. The lowest BCUT2D eigenvalue weighted by Gasteiger charge is -2.70. The van der Waals surface area contributed by atoms with Gasteiger partial charge in [-0.2, -0.15) is 0 Å². The summed E-state index contributed by atoms with van der Waals surface area (Å²) >= 11 is 0. The molecule has 1 aromatic carbocycles. The molecule has 0 bridgehead atoms. The fourth-order valence-corrected chi connectivity index (χ4v) is 14.2. The van der Waals surface area contributed by atoms with E-state index in [1.54, 1.807) is 0 Å². The van der Waals surface area contributed by atoms with Crippen LogP contribution in [-0.2, 0) is 0 Å². The Hall–Kier alpha value is -0.213. The van der Waals surface area contributed by atoms with Crippen molar-refractivity contribution < 1.29 is 0 Å². The molecule has 0 N–H and O–H groups in total. The highest BCUT2D eigenvalue weighted by atomic mass is 31.1. The van der Waals surface area contributed by atoms with Crippen molar-refractivity contribution in [3.8, 4) is 0 Å². The van der Waals surface area contributed by atoms with E-state index in [1.807, 2.05) is 0 Å². The predicted molar refractivity (Wildman–Crippen MR) is 93.7 cm³/mol. The van der Waals surface area contributed by atoms with E-state index in [0.717, 1.165) is 0 Å². The van der Waals surface area contributed by atoms with Gasteiger partial charge in [0.25, 0.3) is 0 Å². The standard InChI is InChI=1S/C16H29N2PSi/c1-15(2,3)17-19(14-12-10-9-11-13-14)18(16(4,5)6)20(17,7)8/h9-13H,1-8H3. The first-order valence-corrected chi connectivity index (χ1v) is 11.6. The molecule has 1 heterocycles. The molecule has 0 atom stereocenters. The maximum atomic E-state index is 2.83. The molecule has 1 fully saturated rings. The Balaban J connectivity index is 2.48. The normalized spacial score (nSPS) is 21.8. The maximum Gasteiger partial charge on any atom is 0.210 e. The molecule has 0 saturated carbocycles. The molecule has 0 aliphatic carbocycles. The van der Waals surface area contributed by atoms with Crippen LogP contribution in [0, 0.1) is 0 Å². The minimum Gasteiger partial charge on any atom is -0.269 e. The van der Waals surface area contributed by atoms with E-state index in [0.29, 0.717) is 0 Å². The third-order valence-corrected chi connectivity index (χ3v) is 13.9. The van der Waals surface area contributed by atoms with Crippen molar-refractivity contribution in [1.29, 1.82) is 0 Å². The van der Waals surface area contributed by atoms with Crippen LogP contribution >= 0.6 is 8.22 Å². The zero-order valence-electron chi connectivity index (χ0n) is 14.2. The van der Waals surface area contributed by atoms with Gasteiger partial charge in [-0.25, -0.2) is 0 Å². The van der Waals surface area contributed by atoms with Gasteiger partial charge >= 0.3 is 0 Å². The quantitative estimate of drug-likeness (QED) is 0.555. The number of benzene rings is 1. The summed E-state index contributed by atoms with van der Waals surface area (Å²) in [4.78, 5) is 0. The molecule has 0 amide bonds. The largest absolute Gasteiger partial charge is 0.269 e. The molecule has 112 valence electrons. The van der Waals surface area contributed by atoms with E-state index in [9.17, 15) is 0 Å². The fraction of sp³-hybridized carbons (Fsp3) is 0.625. The van der Waals surface area contributed by atoms with Crippen LogP contribution in [0.4, 0.5) is 0 Å². The molecule has 2 nitrogen and oxygen atoms in total. The summed E-state index contributed by atoms with van der Waals surface area (Å²) in [5.74, 6) is 0. The molecular formula is C16H29N2PSi. The molecule has 1 aromatic rings. The smallest absolute Gasteiger partial charge is 0.210 e. The zero-order valence-corrected chi connectivity index (χ0v) is 16.1. The highest BCUT2D eigenvalue weighted by Crippen LogP contribution is 2.65. The fourth-order valence-electron chi connectivity index (χ4n) is 3.61. The van der Waals surface area contributed by atoms with Crippen molar-refractivity contribution in [2.24, 2.45) is 0 Å². The van der Waals surface area contributed by atoms with E-state index in [4.69, 9.17) is 0 Å². The lowest BCUT2D eigenvalue weighted by atomic mass is 10.1. The van der Waals surface area contributed by atoms with E-state index in [1.165, 1.54) is 5.30 Å². The molecule has 0 spiro atoms. The third-order valence-electron chi connectivity index (χ3n) is 3.67. The zero-order chi connectivity index (χ0) is 15.3. The average Bonchev–Trinajstić information content (AvgIpc) is 2.23. The molecule has 1 aliphatic heterocycles. The molecule has 20 heavy (non-hydrogen) atoms. The monoisotopic (exact) mass is 308 g/mol. The summed E-state index contributed by atoms with van der Waals surface area (Å²) in [6, 6.07) is 11.1. The van der Waals surface area contributed by atoms with Crippen LogP contribution in [0.2, 0.25) is 13.1 Å². The Morgan fingerprint density at radius 3 is 1.55 bits per heavy atom. The topological polar surface area (TPSA) is 6.48 Å². The van der Waals surface area contributed by atoms with Gasteiger partial charge in [0.05, 0.1) is 8.22 Å². The Labute approximate surface area is 127 Å². The van der Waals surface area contributed by atoms with Crippen LogP contribution < -0.4 is 5.30 Å². The SMILES string of the molecule is CC(C)(C)N1P(c2ccccc2)N(C(C)(C)C)[Si]1(C)C. The summed E-state index contributed by atoms with van der Waals surface area (Å²) in [5.41, 5.74) is 0.470. The van der Waals surface area contributed by atoms with Gasteiger partial charge in [-0.3, -0.25) is 8.67 Å². The van der Waals surface area contributed by atoms with Crippen LogP contribution in [0.3, 0.4) is 0 Å². The Kier molecular flexibility index (Phi) is 3.97. The summed E-state index contributed by atoms with van der Waals surface area (Å²) in [6.45, 7) is 19.1. The highest BCUT2D eigenvalue weighted by Gasteiger charge is 2.62. The van der Waals surface area contributed by atoms with Gasteiger partial charge in [0, 0.05) is 16.4 Å². The van der Waals surface area contributed by atoms with E-state index < -0.39 is 8.40 Å². The van der Waals surface area contributed by atoms with Crippen molar-refractivity contribution in [3.05, 3.63) is 30.3 Å². The van der Waals surface area contributed by atoms with Crippen molar-refractivity contribution in [1.82, 2.24) is 8.67 Å². The van der Waals surface area contributed by atoms with Gasteiger partial charge in [-0.05, 0) is 54.6 Å². The Bertz CT molecular complexity index is 449. The molecule has 4 heteroatoms. The molecule has 1 aliphatic rings. The van der Waals surface area contributed by atoms with Crippen LogP contribution in [-0.4, -0.2) is 28.1 Å². The number of hydrogen-bond acceptors (Lipinski definition) is 2. The first kappa shape index (κ1) is 16.2. The molecule has 0 radical (unpaired) electrons. The van der Waals surface area contributed by atoms with Crippen molar-refractivity contribution in [2.45, 2.75) is 65.7 Å². The number of nitrogens with zero attached hydrogens (tertiary/aromatic N) is 2. The van der Waals surface area contributed by atoms with Crippen molar-refractivity contribution in [2.75, 3.05) is 0 Å². The van der Waals surface area contributed by atoms with Crippen molar-refractivity contribution >= 4 is 21.9 Å². The molecule has 0 unspecified atom stereocenters. The van der Waals surface area contributed by atoms with E-state index >= 15 is 0 Å². The minimum absolute atomic E-state index is 0.235. The first-order chi connectivity index (χ1) is 8.97. The summed E-state index contributed by atoms with van der Waals surface area (Å²) in [7, 11) is -1.89. The van der Waals surface area contributed by atoms with Gasteiger partial charge in [-0.15, -0.1) is 0 Å². The van der Waals surface area contributed by atoms with Gasteiger partial charge in [-0.1, -0.05) is 30.3 Å². The number of hydrogen-bond donors (Lipinski definition) is 0. The van der Waals surface area contributed by atoms with Gasteiger partial charge in [0.2, 0.25) is 8.40 Å². The molecule has 1 saturated heterocycles. The molecular weight excluding hydrogens is 279 g/mol. The third kappa shape index (κ3) is 2.61. The van der Waals surface area contributed by atoms with Gasteiger partial charge in [0.1, 0.15) is 0 Å². The highest BCUT2D eigenvalue weighted by molar-refractivity contribution is 7.69. The molecule has 0 aromatic heterocycles. The van der Waals surface area contributed by atoms with E-state index in [2.05, 4.69) is 93.6 Å². The Morgan fingerprint density at radius 2 is 1.20 bits per heavy atom. The lowest BCUT2D eigenvalue weighted by Crippen LogP contribution is -2.78. The number of rotatable bonds is 1. The van der Waals surface area contributed by atoms with Crippen molar-refractivity contribution in [3.63, 3.8) is 0 Å². The van der Waals surface area contributed by atoms with Gasteiger partial charge < -0.3 is 0 Å². The second-order valence-electron chi connectivity index (χ2n) is 8.08. The van der Waals surface area contributed by atoms with Crippen LogP contribution in [0.5, 0.6) is 0 Å². The van der Waals surface area contributed by atoms with Crippen LogP contribution in [0.25, 0.3) is 0 Å². The summed E-state index contributed by atoms with van der Waals surface area (Å²) in [5, 5.41) is 1.49. The Morgan fingerprint density at radius 1 is 0.800 bits per heavy atom. The summed E-state index contributed by atoms with van der Waals surface area (Å²) in [6.07, 6.45) is 0. The van der Waals surface area contributed by atoms with E-state index in [-0.39, 0.29) is 19.3 Å². The summed E-state index contributed by atoms with van der Waals surface area (Å²) < 4.78 is 5.66. The predicted octanol–water partition coefficient (Wildman–Crippen LogP) is 4.54. The second-order valence-corrected chi connectivity index (χ2v) is 14.6. The second kappa shape index (κ2) is 4.91. The van der Waals surface area contributed by atoms with Crippen LogP contribution in [0.1, 0.15) is 41.5 Å². The van der Waals surface area contributed by atoms with Gasteiger partial charge in [0.15, 0.2) is 0 Å². The first-order valence-electron chi connectivity index (χ1n) is 7.43. The van der Waals surface area contributed by atoms with Crippen LogP contribution in [0.15, 0.2) is 30.3 Å².